The highest BCUT2D eigenvalue weighted by Crippen LogP contribution is 2.27. The molecule has 0 fully saturated rings. The van der Waals surface area contributed by atoms with E-state index >= 15 is 0 Å². The molecule has 1 heterocycles. The number of nitrogens with zero attached hydrogens (tertiary/aromatic N) is 3. The van der Waals surface area contributed by atoms with Gasteiger partial charge in [-0.15, -0.1) is 5.10 Å². The van der Waals surface area contributed by atoms with Crippen molar-refractivity contribution >= 4 is 5.69 Å². The first-order chi connectivity index (χ1) is 10.7. The highest BCUT2D eigenvalue weighted by molar-refractivity contribution is 5.62. The normalized spacial score (nSPS) is 10.5. The van der Waals surface area contributed by atoms with Crippen molar-refractivity contribution in [3.05, 3.63) is 48.7 Å². The van der Waals surface area contributed by atoms with E-state index < -0.39 is 0 Å². The standard InChI is InChI=1S/C16H16N4O2/c1-21-13-5-3-4-11(8-13)14-10-20(19-18-14)15-9-12(17)6-7-16(15)22-2/h3-10H,17H2,1-2H3. The van der Waals surface area contributed by atoms with E-state index in [0.29, 0.717) is 11.4 Å². The number of nitrogen functional groups attached to an aromatic ring is 1. The maximum absolute atomic E-state index is 5.84. The summed E-state index contributed by atoms with van der Waals surface area (Å²) >= 11 is 0. The van der Waals surface area contributed by atoms with Gasteiger partial charge in [-0.25, -0.2) is 4.68 Å². The largest absolute Gasteiger partial charge is 0.497 e. The molecule has 2 aromatic carbocycles. The molecule has 0 aliphatic rings. The van der Waals surface area contributed by atoms with Crippen molar-refractivity contribution in [1.82, 2.24) is 15.0 Å². The molecular formula is C16H16N4O2. The number of methoxy groups -OCH3 is 2. The van der Waals surface area contributed by atoms with Crippen LogP contribution in [0.4, 0.5) is 5.69 Å². The van der Waals surface area contributed by atoms with Crippen LogP contribution in [0.3, 0.4) is 0 Å². The van der Waals surface area contributed by atoms with E-state index in [2.05, 4.69) is 10.3 Å². The topological polar surface area (TPSA) is 75.2 Å². The fourth-order valence-corrected chi connectivity index (χ4v) is 2.18. The van der Waals surface area contributed by atoms with Crippen molar-refractivity contribution in [3.63, 3.8) is 0 Å². The molecule has 0 spiro atoms. The van der Waals surface area contributed by atoms with Gasteiger partial charge < -0.3 is 15.2 Å². The minimum atomic E-state index is 0.634. The molecule has 1 aromatic heterocycles. The third kappa shape index (κ3) is 2.58. The molecule has 0 bridgehead atoms. The summed E-state index contributed by atoms with van der Waals surface area (Å²) in [5.74, 6) is 1.45. The second-order valence-electron chi connectivity index (χ2n) is 4.71. The molecule has 0 aliphatic carbocycles. The molecule has 0 atom stereocenters. The van der Waals surface area contributed by atoms with Crippen LogP contribution in [0.25, 0.3) is 16.9 Å². The Bertz CT molecular complexity index is 798. The van der Waals surface area contributed by atoms with Crippen molar-refractivity contribution in [2.75, 3.05) is 20.0 Å². The first kappa shape index (κ1) is 13.9. The molecule has 6 nitrogen and oxygen atoms in total. The van der Waals surface area contributed by atoms with Crippen molar-refractivity contribution in [1.29, 1.82) is 0 Å². The fourth-order valence-electron chi connectivity index (χ4n) is 2.18. The van der Waals surface area contributed by atoms with Crippen LogP contribution in [-0.2, 0) is 0 Å². The van der Waals surface area contributed by atoms with Gasteiger partial charge in [0.15, 0.2) is 0 Å². The molecule has 0 radical (unpaired) electrons. The fraction of sp³-hybridized carbons (Fsp3) is 0.125. The molecule has 0 saturated heterocycles. The summed E-state index contributed by atoms with van der Waals surface area (Å²) in [4.78, 5) is 0. The predicted octanol–water partition coefficient (Wildman–Crippen LogP) is 2.53. The molecule has 22 heavy (non-hydrogen) atoms. The number of aromatic nitrogens is 3. The summed E-state index contributed by atoms with van der Waals surface area (Å²) in [6, 6.07) is 13.0. The Balaban J connectivity index is 2.02. The Hall–Kier alpha value is -3.02. The number of hydrogen-bond acceptors (Lipinski definition) is 5. The molecule has 2 N–H and O–H groups in total. The Labute approximate surface area is 128 Å². The third-order valence-electron chi connectivity index (χ3n) is 3.31. The molecular weight excluding hydrogens is 280 g/mol. The van der Waals surface area contributed by atoms with Crippen molar-refractivity contribution in [2.24, 2.45) is 0 Å². The lowest BCUT2D eigenvalue weighted by molar-refractivity contribution is 0.411. The van der Waals surface area contributed by atoms with Crippen LogP contribution in [0.15, 0.2) is 48.7 Å². The second kappa shape index (κ2) is 5.77. The minimum absolute atomic E-state index is 0.634. The zero-order chi connectivity index (χ0) is 15.5. The van der Waals surface area contributed by atoms with Crippen molar-refractivity contribution in [2.45, 2.75) is 0 Å². The van der Waals surface area contributed by atoms with Crippen molar-refractivity contribution < 1.29 is 9.47 Å². The molecule has 3 rings (SSSR count). The molecule has 0 saturated carbocycles. The lowest BCUT2D eigenvalue weighted by Gasteiger charge is -2.08. The SMILES string of the molecule is COc1cccc(-c2cn(-c3cc(N)ccc3OC)nn2)c1. The zero-order valence-electron chi connectivity index (χ0n) is 12.4. The Morgan fingerprint density at radius 3 is 2.68 bits per heavy atom. The maximum atomic E-state index is 5.84. The summed E-state index contributed by atoms with van der Waals surface area (Å²) in [6.45, 7) is 0. The zero-order valence-corrected chi connectivity index (χ0v) is 12.4. The average Bonchev–Trinajstić information content (AvgIpc) is 3.05. The van der Waals surface area contributed by atoms with Gasteiger partial charge in [0.05, 0.1) is 20.4 Å². The van der Waals surface area contributed by atoms with Crippen LogP contribution in [-0.4, -0.2) is 29.2 Å². The lowest BCUT2D eigenvalue weighted by atomic mass is 10.1. The van der Waals surface area contributed by atoms with Gasteiger partial charge >= 0.3 is 0 Å². The van der Waals surface area contributed by atoms with E-state index in [4.69, 9.17) is 15.2 Å². The van der Waals surface area contributed by atoms with E-state index in [1.54, 1.807) is 37.1 Å². The highest BCUT2D eigenvalue weighted by Gasteiger charge is 2.10. The van der Waals surface area contributed by atoms with E-state index in [9.17, 15) is 0 Å². The maximum Gasteiger partial charge on any atom is 0.144 e. The van der Waals surface area contributed by atoms with Gasteiger partial charge in [0.25, 0.3) is 0 Å². The summed E-state index contributed by atoms with van der Waals surface area (Å²) in [7, 11) is 3.24. The predicted molar refractivity (Wildman–Crippen MR) is 84.3 cm³/mol. The molecule has 6 heteroatoms. The van der Waals surface area contributed by atoms with Crippen molar-refractivity contribution in [3.8, 4) is 28.4 Å². The number of nitrogens with two attached hydrogens (primary N) is 1. The average molecular weight is 296 g/mol. The smallest absolute Gasteiger partial charge is 0.144 e. The quantitative estimate of drug-likeness (QED) is 0.749. The summed E-state index contributed by atoms with van der Waals surface area (Å²) in [5.41, 5.74) is 8.88. The lowest BCUT2D eigenvalue weighted by Crippen LogP contribution is -2.00. The van der Waals surface area contributed by atoms with Crippen LogP contribution in [0.1, 0.15) is 0 Å². The van der Waals surface area contributed by atoms with Crippen LogP contribution >= 0.6 is 0 Å². The molecule has 0 aliphatic heterocycles. The molecule has 3 aromatic rings. The first-order valence-corrected chi connectivity index (χ1v) is 6.72. The minimum Gasteiger partial charge on any atom is -0.497 e. The summed E-state index contributed by atoms with van der Waals surface area (Å²) in [5, 5.41) is 8.36. The van der Waals surface area contributed by atoms with E-state index in [-0.39, 0.29) is 0 Å². The van der Waals surface area contributed by atoms with Crippen LogP contribution in [0.5, 0.6) is 11.5 Å². The number of anilines is 1. The second-order valence-corrected chi connectivity index (χ2v) is 4.71. The monoisotopic (exact) mass is 296 g/mol. The number of rotatable bonds is 4. The van der Waals surface area contributed by atoms with Crippen LogP contribution in [0, 0.1) is 0 Å². The number of ether oxygens (including phenoxy) is 2. The Morgan fingerprint density at radius 2 is 1.91 bits per heavy atom. The first-order valence-electron chi connectivity index (χ1n) is 6.72. The van der Waals surface area contributed by atoms with E-state index in [1.165, 1.54) is 0 Å². The van der Waals surface area contributed by atoms with Gasteiger partial charge in [0.1, 0.15) is 22.9 Å². The number of hydrogen-bond donors (Lipinski definition) is 1. The van der Waals surface area contributed by atoms with Gasteiger partial charge in [0, 0.05) is 11.3 Å². The molecule has 112 valence electrons. The Morgan fingerprint density at radius 1 is 1.05 bits per heavy atom. The highest BCUT2D eigenvalue weighted by atomic mass is 16.5. The van der Waals surface area contributed by atoms with Gasteiger partial charge in [-0.05, 0) is 30.3 Å². The van der Waals surface area contributed by atoms with E-state index in [0.717, 1.165) is 22.7 Å². The summed E-state index contributed by atoms with van der Waals surface area (Å²) in [6.07, 6.45) is 1.83. The third-order valence-corrected chi connectivity index (χ3v) is 3.31. The Kier molecular flexibility index (Phi) is 3.65. The van der Waals surface area contributed by atoms with Gasteiger partial charge in [0.2, 0.25) is 0 Å². The van der Waals surface area contributed by atoms with Crippen LogP contribution in [0.2, 0.25) is 0 Å². The summed E-state index contributed by atoms with van der Waals surface area (Å²) < 4.78 is 12.2. The van der Waals surface area contributed by atoms with E-state index in [1.807, 2.05) is 30.5 Å². The van der Waals surface area contributed by atoms with Gasteiger partial charge in [-0.3, -0.25) is 0 Å². The van der Waals surface area contributed by atoms with Crippen LogP contribution < -0.4 is 15.2 Å². The molecule has 0 amide bonds. The van der Waals surface area contributed by atoms with Gasteiger partial charge in [-0.1, -0.05) is 17.3 Å². The molecule has 0 unspecified atom stereocenters. The van der Waals surface area contributed by atoms with Gasteiger partial charge in [-0.2, -0.15) is 0 Å². The number of benzene rings is 2.